The third-order valence-electron chi connectivity index (χ3n) is 2.83. The van der Waals surface area contributed by atoms with Gasteiger partial charge in [0.05, 0.1) is 11.2 Å². The molecule has 4 nitrogen and oxygen atoms in total. The van der Waals surface area contributed by atoms with Crippen molar-refractivity contribution in [2.24, 2.45) is 0 Å². The minimum Gasteiger partial charge on any atom is -0.321 e. The smallest absolute Gasteiger partial charge is 0.275 e. The largest absolute Gasteiger partial charge is 0.321 e. The van der Waals surface area contributed by atoms with E-state index >= 15 is 0 Å². The van der Waals surface area contributed by atoms with E-state index < -0.39 is 0 Å². The van der Waals surface area contributed by atoms with E-state index in [2.05, 4.69) is 15.5 Å². The highest BCUT2D eigenvalue weighted by Crippen LogP contribution is 2.20. The summed E-state index contributed by atoms with van der Waals surface area (Å²) in [6.07, 6.45) is 1.40. The molecule has 1 heterocycles. The van der Waals surface area contributed by atoms with Crippen molar-refractivity contribution in [1.29, 1.82) is 0 Å². The first-order chi connectivity index (χ1) is 9.24. The van der Waals surface area contributed by atoms with E-state index in [0.717, 1.165) is 16.5 Å². The molecule has 1 amide bonds. The van der Waals surface area contributed by atoms with Gasteiger partial charge in [0.1, 0.15) is 5.69 Å². The Bertz CT molecular complexity index is 751. The van der Waals surface area contributed by atoms with Crippen LogP contribution in [0.15, 0.2) is 48.7 Å². The molecular weight excluding hydrogens is 262 g/mol. The third-order valence-corrected chi connectivity index (χ3v) is 3.11. The summed E-state index contributed by atoms with van der Waals surface area (Å²) in [5, 5.41) is 11.6. The van der Waals surface area contributed by atoms with Crippen LogP contribution < -0.4 is 5.32 Å². The summed E-state index contributed by atoms with van der Waals surface area (Å²) in [4.78, 5) is 12.0. The van der Waals surface area contributed by atoms with Crippen molar-refractivity contribution in [3.63, 3.8) is 0 Å². The van der Waals surface area contributed by atoms with Gasteiger partial charge in [0.25, 0.3) is 5.91 Å². The quantitative estimate of drug-likeness (QED) is 0.750. The van der Waals surface area contributed by atoms with Crippen molar-refractivity contribution in [2.75, 3.05) is 5.32 Å². The second kappa shape index (κ2) is 4.74. The molecular formula is C14H10ClN3O. The summed E-state index contributed by atoms with van der Waals surface area (Å²) in [5.41, 5.74) is 0.976. The standard InChI is InChI=1S/C14H10ClN3O/c15-12-8-16-18-13(12)14(19)17-11-6-5-9-3-1-2-4-10(9)7-11/h1-8H,(H,16,18)(H,17,19). The van der Waals surface area contributed by atoms with Crippen LogP contribution in [0, 0.1) is 0 Å². The maximum absolute atomic E-state index is 12.0. The maximum Gasteiger partial charge on any atom is 0.275 e. The van der Waals surface area contributed by atoms with Crippen molar-refractivity contribution in [3.8, 4) is 0 Å². The summed E-state index contributed by atoms with van der Waals surface area (Å²) in [7, 11) is 0. The lowest BCUT2D eigenvalue weighted by atomic mass is 10.1. The first-order valence-corrected chi connectivity index (χ1v) is 6.11. The SMILES string of the molecule is O=C(Nc1ccc2ccccc2c1)c1[nH]ncc1Cl. The van der Waals surface area contributed by atoms with Crippen LogP contribution in [0.4, 0.5) is 5.69 Å². The molecule has 5 heteroatoms. The lowest BCUT2D eigenvalue weighted by Gasteiger charge is -2.05. The van der Waals surface area contributed by atoms with Crippen LogP contribution in [-0.4, -0.2) is 16.1 Å². The zero-order valence-electron chi connectivity index (χ0n) is 9.85. The van der Waals surface area contributed by atoms with Gasteiger partial charge in [0, 0.05) is 5.69 Å². The fourth-order valence-electron chi connectivity index (χ4n) is 1.89. The predicted octanol–water partition coefficient (Wildman–Crippen LogP) is 3.47. The molecule has 0 unspecified atom stereocenters. The number of anilines is 1. The Labute approximate surface area is 114 Å². The average Bonchev–Trinajstić information content (AvgIpc) is 2.85. The topological polar surface area (TPSA) is 57.8 Å². The summed E-state index contributed by atoms with van der Waals surface area (Å²) in [5.74, 6) is -0.308. The molecule has 0 aliphatic heterocycles. The number of amides is 1. The number of halogens is 1. The van der Waals surface area contributed by atoms with Crippen LogP contribution >= 0.6 is 11.6 Å². The van der Waals surface area contributed by atoms with Gasteiger partial charge in [-0.05, 0) is 22.9 Å². The fraction of sp³-hybridized carbons (Fsp3) is 0. The van der Waals surface area contributed by atoms with Crippen LogP contribution in [0.5, 0.6) is 0 Å². The van der Waals surface area contributed by atoms with Crippen molar-refractivity contribution >= 4 is 34.0 Å². The molecule has 0 spiro atoms. The molecule has 19 heavy (non-hydrogen) atoms. The predicted molar refractivity (Wildman–Crippen MR) is 75.5 cm³/mol. The molecule has 0 radical (unpaired) electrons. The molecule has 0 saturated carbocycles. The van der Waals surface area contributed by atoms with Crippen molar-refractivity contribution < 1.29 is 4.79 Å². The van der Waals surface area contributed by atoms with Crippen molar-refractivity contribution in [3.05, 3.63) is 59.4 Å². The molecule has 0 saturated heterocycles. The molecule has 3 aromatic rings. The summed E-state index contributed by atoms with van der Waals surface area (Å²) < 4.78 is 0. The van der Waals surface area contributed by atoms with Gasteiger partial charge >= 0.3 is 0 Å². The Morgan fingerprint density at radius 3 is 2.68 bits per heavy atom. The van der Waals surface area contributed by atoms with Gasteiger partial charge in [0.2, 0.25) is 0 Å². The molecule has 3 rings (SSSR count). The van der Waals surface area contributed by atoms with E-state index in [1.165, 1.54) is 6.20 Å². The van der Waals surface area contributed by atoms with Gasteiger partial charge in [0.15, 0.2) is 0 Å². The lowest BCUT2D eigenvalue weighted by molar-refractivity contribution is 0.102. The van der Waals surface area contributed by atoms with Gasteiger partial charge in [-0.15, -0.1) is 0 Å². The van der Waals surface area contributed by atoms with Crippen LogP contribution in [0.1, 0.15) is 10.5 Å². The first kappa shape index (κ1) is 11.7. The van der Waals surface area contributed by atoms with E-state index in [9.17, 15) is 4.79 Å². The Hall–Kier alpha value is -2.33. The molecule has 1 aromatic heterocycles. The lowest BCUT2D eigenvalue weighted by Crippen LogP contribution is -2.12. The second-order valence-electron chi connectivity index (χ2n) is 4.11. The molecule has 2 aromatic carbocycles. The van der Waals surface area contributed by atoms with Gasteiger partial charge in [-0.2, -0.15) is 5.10 Å². The highest BCUT2D eigenvalue weighted by Gasteiger charge is 2.12. The number of aromatic amines is 1. The molecule has 0 aliphatic rings. The Kier molecular flexibility index (Phi) is 2.93. The van der Waals surface area contributed by atoms with Crippen LogP contribution in [0.25, 0.3) is 10.8 Å². The monoisotopic (exact) mass is 271 g/mol. The summed E-state index contributed by atoms with van der Waals surface area (Å²) in [6, 6.07) is 13.7. The fourth-order valence-corrected chi connectivity index (χ4v) is 2.07. The van der Waals surface area contributed by atoms with Crippen LogP contribution in [0.3, 0.4) is 0 Å². The molecule has 94 valence electrons. The number of hydrogen-bond acceptors (Lipinski definition) is 2. The number of carbonyl (C=O) groups excluding carboxylic acids is 1. The summed E-state index contributed by atoms with van der Waals surface area (Å²) in [6.45, 7) is 0. The number of benzene rings is 2. The number of nitrogens with one attached hydrogen (secondary N) is 2. The highest BCUT2D eigenvalue weighted by atomic mass is 35.5. The Balaban J connectivity index is 1.89. The highest BCUT2D eigenvalue weighted by molar-refractivity contribution is 6.34. The van der Waals surface area contributed by atoms with E-state index in [1.54, 1.807) is 0 Å². The molecule has 0 bridgehead atoms. The Morgan fingerprint density at radius 1 is 1.16 bits per heavy atom. The van der Waals surface area contributed by atoms with E-state index in [0.29, 0.717) is 5.02 Å². The van der Waals surface area contributed by atoms with E-state index in [1.807, 2.05) is 42.5 Å². The number of aromatic nitrogens is 2. The van der Waals surface area contributed by atoms with E-state index in [-0.39, 0.29) is 11.6 Å². The van der Waals surface area contributed by atoms with Crippen molar-refractivity contribution in [2.45, 2.75) is 0 Å². The first-order valence-electron chi connectivity index (χ1n) is 5.73. The maximum atomic E-state index is 12.0. The van der Waals surface area contributed by atoms with Gasteiger partial charge in [-0.3, -0.25) is 9.89 Å². The molecule has 0 aliphatic carbocycles. The minimum atomic E-state index is -0.308. The number of hydrogen-bond donors (Lipinski definition) is 2. The van der Waals surface area contributed by atoms with Gasteiger partial charge in [-0.1, -0.05) is 41.9 Å². The van der Waals surface area contributed by atoms with Crippen LogP contribution in [-0.2, 0) is 0 Å². The molecule has 0 fully saturated rings. The normalized spacial score (nSPS) is 10.6. The number of fused-ring (bicyclic) bond motifs is 1. The molecule has 0 atom stereocenters. The average molecular weight is 272 g/mol. The summed E-state index contributed by atoms with van der Waals surface area (Å²) >= 11 is 5.84. The number of H-pyrrole nitrogens is 1. The number of rotatable bonds is 2. The van der Waals surface area contributed by atoms with Gasteiger partial charge < -0.3 is 5.32 Å². The zero-order chi connectivity index (χ0) is 13.2. The van der Waals surface area contributed by atoms with Crippen LogP contribution in [0.2, 0.25) is 5.02 Å². The van der Waals surface area contributed by atoms with Gasteiger partial charge in [-0.25, -0.2) is 0 Å². The second-order valence-corrected chi connectivity index (χ2v) is 4.52. The van der Waals surface area contributed by atoms with Crippen molar-refractivity contribution in [1.82, 2.24) is 10.2 Å². The Morgan fingerprint density at radius 2 is 1.95 bits per heavy atom. The molecule has 2 N–H and O–H groups in total. The van der Waals surface area contributed by atoms with E-state index in [4.69, 9.17) is 11.6 Å². The third kappa shape index (κ3) is 2.30. The minimum absolute atomic E-state index is 0.259. The zero-order valence-corrected chi connectivity index (χ0v) is 10.6. The number of nitrogens with zero attached hydrogens (tertiary/aromatic N) is 1. The number of carbonyl (C=O) groups is 1.